The number of H-pyrrole nitrogens is 1. The van der Waals surface area contributed by atoms with Gasteiger partial charge in [0.1, 0.15) is 11.8 Å². The normalized spacial score (nSPS) is 26.2. The third-order valence-corrected chi connectivity index (χ3v) is 6.29. The van der Waals surface area contributed by atoms with Crippen LogP contribution >= 0.6 is 0 Å². The summed E-state index contributed by atoms with van der Waals surface area (Å²) in [4.78, 5) is 21.0. The van der Waals surface area contributed by atoms with Crippen LogP contribution in [0.4, 0.5) is 21.0 Å². The van der Waals surface area contributed by atoms with E-state index in [1.54, 1.807) is 12.3 Å². The van der Waals surface area contributed by atoms with Crippen molar-refractivity contribution in [1.29, 1.82) is 0 Å². The highest BCUT2D eigenvalue weighted by Gasteiger charge is 2.44. The molecule has 3 aromatic rings. The molecule has 3 atom stereocenters. The molecule has 3 aromatic heterocycles. The van der Waals surface area contributed by atoms with Gasteiger partial charge in [0.25, 0.3) is 0 Å². The minimum atomic E-state index is -1.50. The molecule has 1 aliphatic heterocycles. The molecule has 0 unspecified atom stereocenters. The van der Waals surface area contributed by atoms with Crippen LogP contribution in [-0.4, -0.2) is 55.1 Å². The molecule has 11 heteroatoms. The van der Waals surface area contributed by atoms with Crippen molar-refractivity contribution in [2.75, 3.05) is 11.9 Å². The van der Waals surface area contributed by atoms with Crippen LogP contribution in [0.3, 0.4) is 0 Å². The highest BCUT2D eigenvalue weighted by Crippen LogP contribution is 2.40. The highest BCUT2D eigenvalue weighted by atomic mass is 19.1. The Morgan fingerprint density at radius 3 is 3.03 bits per heavy atom. The molecule has 10 nitrogen and oxygen atoms in total. The number of rotatable bonds is 6. The number of alkyl halides is 1. The van der Waals surface area contributed by atoms with Crippen molar-refractivity contribution < 1.29 is 18.7 Å². The van der Waals surface area contributed by atoms with Gasteiger partial charge in [0.15, 0.2) is 18.1 Å². The molecular weight excluding hydrogens is 417 g/mol. The van der Waals surface area contributed by atoms with Gasteiger partial charge >= 0.3 is 6.09 Å². The fraction of sp³-hybridized carbons (Fsp3) is 0.524. The molecule has 3 N–H and O–H groups in total. The lowest BCUT2D eigenvalue weighted by Crippen LogP contribution is -2.39. The maximum Gasteiger partial charge on any atom is 0.408 e. The lowest BCUT2D eigenvalue weighted by Gasteiger charge is -2.17. The lowest BCUT2D eigenvalue weighted by molar-refractivity contribution is 0.0604. The monoisotopic (exact) mass is 441 g/mol. The lowest BCUT2D eigenvalue weighted by atomic mass is 10.1. The average molecular weight is 441 g/mol. The second kappa shape index (κ2) is 7.16. The number of alkyl carbamates (subject to hydrolysis) is 1. The number of carbonyl (C=O) groups excluding carboxylic acids is 1. The van der Waals surface area contributed by atoms with E-state index in [-0.39, 0.29) is 12.1 Å². The smallest absolute Gasteiger partial charge is 0.408 e. The van der Waals surface area contributed by atoms with E-state index in [0.717, 1.165) is 24.2 Å². The van der Waals surface area contributed by atoms with Crippen LogP contribution in [0.2, 0.25) is 0 Å². The van der Waals surface area contributed by atoms with Gasteiger partial charge in [-0.15, -0.1) is 0 Å². The van der Waals surface area contributed by atoms with E-state index in [4.69, 9.17) is 9.47 Å². The van der Waals surface area contributed by atoms with Crippen molar-refractivity contribution >= 4 is 23.5 Å². The summed E-state index contributed by atoms with van der Waals surface area (Å²) in [6, 6.07) is 3.52. The summed E-state index contributed by atoms with van der Waals surface area (Å²) < 4.78 is 27.7. The summed E-state index contributed by atoms with van der Waals surface area (Å²) in [6.45, 7) is 1.91. The number of fused-ring (bicyclic) bond motifs is 1. The van der Waals surface area contributed by atoms with Crippen molar-refractivity contribution in [2.24, 2.45) is 0 Å². The second-order valence-electron chi connectivity index (χ2n) is 9.10. The number of ether oxygens (including phenoxy) is 2. The Kier molecular flexibility index (Phi) is 4.36. The van der Waals surface area contributed by atoms with Gasteiger partial charge in [-0.2, -0.15) is 5.10 Å². The predicted octanol–water partition coefficient (Wildman–Crippen LogP) is 3.13. The molecule has 168 valence electrons. The summed E-state index contributed by atoms with van der Waals surface area (Å²) in [5.74, 6) is 1.57. The average Bonchev–Trinajstić information content (AvgIpc) is 3.59. The second-order valence-corrected chi connectivity index (χ2v) is 9.10. The van der Waals surface area contributed by atoms with Gasteiger partial charge in [-0.25, -0.2) is 19.2 Å². The van der Waals surface area contributed by atoms with Crippen molar-refractivity contribution in [2.45, 2.75) is 62.4 Å². The predicted molar refractivity (Wildman–Crippen MR) is 111 cm³/mol. The molecule has 1 saturated heterocycles. The fourth-order valence-corrected chi connectivity index (χ4v) is 3.93. The molecule has 0 bridgehead atoms. The van der Waals surface area contributed by atoms with Crippen LogP contribution in [0.1, 0.15) is 56.0 Å². The van der Waals surface area contributed by atoms with Crippen molar-refractivity contribution in [3.05, 3.63) is 35.9 Å². The quantitative estimate of drug-likeness (QED) is 0.538. The Morgan fingerprint density at radius 1 is 1.41 bits per heavy atom. The van der Waals surface area contributed by atoms with Gasteiger partial charge in [0.05, 0.1) is 18.0 Å². The number of halogens is 1. The van der Waals surface area contributed by atoms with Gasteiger partial charge in [-0.1, -0.05) is 0 Å². The zero-order valence-electron chi connectivity index (χ0n) is 17.5. The topological polar surface area (TPSA) is 118 Å². The minimum Gasteiger partial charge on any atom is -0.441 e. The number of imidazole rings is 1. The van der Waals surface area contributed by atoms with E-state index in [9.17, 15) is 9.18 Å². The van der Waals surface area contributed by atoms with Crippen LogP contribution < -0.4 is 10.6 Å². The summed E-state index contributed by atoms with van der Waals surface area (Å²) in [7, 11) is 0. The largest absolute Gasteiger partial charge is 0.441 e. The molecule has 3 fully saturated rings. The van der Waals surface area contributed by atoms with Crippen molar-refractivity contribution in [3.8, 4) is 0 Å². The molecule has 0 radical (unpaired) electrons. The van der Waals surface area contributed by atoms with Gasteiger partial charge in [-0.05, 0) is 38.7 Å². The Labute approximate surface area is 182 Å². The molecule has 2 aliphatic carbocycles. The highest BCUT2D eigenvalue weighted by molar-refractivity contribution is 5.69. The van der Waals surface area contributed by atoms with E-state index >= 15 is 0 Å². The molecule has 2 saturated carbocycles. The maximum atomic E-state index is 15.0. The molecule has 0 aromatic carbocycles. The van der Waals surface area contributed by atoms with Crippen molar-refractivity contribution in [3.63, 3.8) is 0 Å². The number of hydrogen-bond donors (Lipinski definition) is 3. The molecule has 6 rings (SSSR count). The van der Waals surface area contributed by atoms with Gasteiger partial charge in [-0.3, -0.25) is 9.50 Å². The zero-order valence-corrected chi connectivity index (χ0v) is 17.5. The summed E-state index contributed by atoms with van der Waals surface area (Å²) in [5.41, 5.74) is 2.10. The third kappa shape index (κ3) is 3.66. The van der Waals surface area contributed by atoms with Gasteiger partial charge in [0.2, 0.25) is 5.95 Å². The van der Waals surface area contributed by atoms with E-state index in [1.165, 1.54) is 12.8 Å². The number of carbonyl (C=O) groups is 1. The van der Waals surface area contributed by atoms with Crippen LogP contribution in [0.5, 0.6) is 0 Å². The maximum absolute atomic E-state index is 15.0. The van der Waals surface area contributed by atoms with Crippen LogP contribution in [-0.2, 0) is 9.47 Å². The number of nitrogens with zero attached hydrogens (tertiary/aromatic N) is 4. The first-order valence-electron chi connectivity index (χ1n) is 10.9. The molecule has 1 amide bonds. The fourth-order valence-electron chi connectivity index (χ4n) is 3.93. The standard InChI is InChI=1S/C21H24FN7O3/c1-21(5-6-21)26-20(30)32-14-10-31-18(17(14)22)12-8-15(28-27-12)25-19-23-7-4-16-24-13(9-29(16)19)11-2-3-11/h4,7-9,11,14,17-18H,2-3,5-6,10H2,1H3,(H,26,30)(H2,23,25,27,28)/t14-,17-,18-/m0/s1. The zero-order chi connectivity index (χ0) is 21.9. The summed E-state index contributed by atoms with van der Waals surface area (Å²) in [5, 5.41) is 12.9. The van der Waals surface area contributed by atoms with Crippen molar-refractivity contribution in [1.82, 2.24) is 29.9 Å². The number of aromatic nitrogens is 5. The molecule has 32 heavy (non-hydrogen) atoms. The first-order chi connectivity index (χ1) is 15.5. The number of amides is 1. The Bertz CT molecular complexity index is 1170. The Morgan fingerprint density at radius 2 is 2.25 bits per heavy atom. The van der Waals surface area contributed by atoms with E-state index in [0.29, 0.717) is 23.4 Å². The summed E-state index contributed by atoms with van der Waals surface area (Å²) >= 11 is 0. The Balaban J connectivity index is 1.13. The first-order valence-corrected chi connectivity index (χ1v) is 10.9. The van der Waals surface area contributed by atoms with Crippen LogP contribution in [0, 0.1) is 0 Å². The Hall–Kier alpha value is -3.21. The number of aromatic amines is 1. The first kappa shape index (κ1) is 19.5. The van der Waals surface area contributed by atoms with Gasteiger partial charge < -0.3 is 20.1 Å². The third-order valence-electron chi connectivity index (χ3n) is 6.29. The minimum absolute atomic E-state index is 0.0163. The van der Waals surface area contributed by atoms with E-state index < -0.39 is 24.5 Å². The molecule has 3 aliphatic rings. The van der Waals surface area contributed by atoms with Crippen LogP contribution in [0.25, 0.3) is 5.65 Å². The van der Waals surface area contributed by atoms with Crippen LogP contribution in [0.15, 0.2) is 24.5 Å². The molecule has 0 spiro atoms. The number of anilines is 2. The summed E-state index contributed by atoms with van der Waals surface area (Å²) in [6.07, 6.45) is 3.83. The van der Waals surface area contributed by atoms with E-state index in [2.05, 4.69) is 30.8 Å². The molecular formula is C21H24FN7O3. The number of hydrogen-bond acceptors (Lipinski definition) is 7. The number of nitrogens with one attached hydrogen (secondary N) is 3. The van der Waals surface area contributed by atoms with E-state index in [1.807, 2.05) is 23.6 Å². The van der Waals surface area contributed by atoms with Gasteiger partial charge in [0, 0.05) is 29.9 Å². The molecule has 4 heterocycles. The SMILES string of the molecule is CC1(NC(=O)O[C@H]2CO[C@@H](c3cc(Nc4nccc5nc(C6CC6)cn45)n[nH]3)[C@H]2F)CC1.